The first-order valence-electron chi connectivity index (χ1n) is 9.62. The third-order valence-corrected chi connectivity index (χ3v) is 4.97. The predicted octanol–water partition coefficient (Wildman–Crippen LogP) is 4.22. The number of nitro benzene ring substituents is 1. The molecule has 0 aromatic heterocycles. The molecule has 160 valence electrons. The number of amides is 1. The van der Waals surface area contributed by atoms with Crippen molar-refractivity contribution >= 4 is 23.3 Å². The van der Waals surface area contributed by atoms with E-state index in [2.05, 4.69) is 5.32 Å². The van der Waals surface area contributed by atoms with Crippen LogP contribution in [0, 0.1) is 23.0 Å². The number of nitro groups is 1. The molecule has 30 heavy (non-hydrogen) atoms. The van der Waals surface area contributed by atoms with Crippen LogP contribution in [0.5, 0.6) is 5.75 Å². The van der Waals surface area contributed by atoms with Gasteiger partial charge in [0.25, 0.3) is 5.91 Å². The molecule has 0 aliphatic heterocycles. The monoisotopic (exact) mass is 414 g/mol. The van der Waals surface area contributed by atoms with Crippen LogP contribution in [0.25, 0.3) is 0 Å². The van der Waals surface area contributed by atoms with Crippen molar-refractivity contribution in [1.82, 2.24) is 0 Å². The van der Waals surface area contributed by atoms with E-state index in [4.69, 9.17) is 9.47 Å². The summed E-state index contributed by atoms with van der Waals surface area (Å²) in [6.45, 7) is 5.12. The summed E-state index contributed by atoms with van der Waals surface area (Å²) in [7, 11) is 1.31. The molecule has 1 N–H and O–H groups in total. The minimum absolute atomic E-state index is 0.0267. The number of esters is 1. The van der Waals surface area contributed by atoms with Crippen molar-refractivity contribution in [3.63, 3.8) is 0 Å². The lowest BCUT2D eigenvalue weighted by Gasteiger charge is -2.21. The van der Waals surface area contributed by atoms with Gasteiger partial charge < -0.3 is 14.8 Å². The number of hydrogen-bond donors (Lipinski definition) is 1. The molecule has 0 aliphatic carbocycles. The number of aryl methyl sites for hydroxylation is 1. The topological polar surface area (TPSA) is 108 Å². The standard InChI is InChI=1S/C22H26N2O6/c1-5-14(2)21(16-9-7-6-8-10-16)22(26)30-13-20(25)23-17-12-19(29-4)18(24(27)28)11-15(17)3/h6-12,14,21H,5,13H2,1-4H3,(H,23,25)/t14-,21-/m1/s1. The van der Waals surface area contributed by atoms with Crippen molar-refractivity contribution in [3.05, 3.63) is 63.7 Å². The summed E-state index contributed by atoms with van der Waals surface area (Å²) in [6.07, 6.45) is 0.780. The highest BCUT2D eigenvalue weighted by Crippen LogP contribution is 2.33. The average Bonchev–Trinajstić information content (AvgIpc) is 2.74. The Morgan fingerprint density at radius 3 is 2.43 bits per heavy atom. The lowest BCUT2D eigenvalue weighted by molar-refractivity contribution is -0.385. The van der Waals surface area contributed by atoms with Gasteiger partial charge in [0.05, 0.1) is 18.0 Å². The molecule has 1 amide bonds. The summed E-state index contributed by atoms with van der Waals surface area (Å²) in [5, 5.41) is 13.7. The van der Waals surface area contributed by atoms with E-state index in [1.54, 1.807) is 6.92 Å². The van der Waals surface area contributed by atoms with Crippen LogP contribution in [0.3, 0.4) is 0 Å². The van der Waals surface area contributed by atoms with Gasteiger partial charge in [-0.25, -0.2) is 0 Å². The van der Waals surface area contributed by atoms with Crippen molar-refractivity contribution in [2.24, 2.45) is 5.92 Å². The first-order valence-corrected chi connectivity index (χ1v) is 9.62. The molecule has 0 bridgehead atoms. The zero-order valence-corrected chi connectivity index (χ0v) is 17.5. The zero-order chi connectivity index (χ0) is 22.3. The van der Waals surface area contributed by atoms with Crippen LogP contribution in [0.4, 0.5) is 11.4 Å². The van der Waals surface area contributed by atoms with Gasteiger partial charge in [0.15, 0.2) is 12.4 Å². The lowest BCUT2D eigenvalue weighted by Crippen LogP contribution is -2.27. The van der Waals surface area contributed by atoms with Gasteiger partial charge in [-0.2, -0.15) is 0 Å². The molecule has 0 radical (unpaired) electrons. The van der Waals surface area contributed by atoms with E-state index in [1.807, 2.05) is 44.2 Å². The maximum absolute atomic E-state index is 12.7. The molecule has 0 unspecified atom stereocenters. The molecule has 2 rings (SSSR count). The molecule has 0 aliphatic rings. The molecule has 8 heteroatoms. The van der Waals surface area contributed by atoms with Crippen molar-refractivity contribution in [1.29, 1.82) is 0 Å². The Kier molecular flexibility index (Phi) is 7.91. The summed E-state index contributed by atoms with van der Waals surface area (Å²) in [6, 6.07) is 12.0. The number of benzene rings is 2. The molecule has 2 aromatic rings. The third kappa shape index (κ3) is 5.56. The molecule has 0 spiro atoms. The maximum Gasteiger partial charge on any atom is 0.314 e. The Labute approximate surface area is 175 Å². The second-order valence-electron chi connectivity index (χ2n) is 7.03. The molecule has 0 saturated heterocycles. The summed E-state index contributed by atoms with van der Waals surface area (Å²) in [4.78, 5) is 35.5. The predicted molar refractivity (Wildman–Crippen MR) is 113 cm³/mol. The SMILES string of the molecule is CC[C@@H](C)[C@@H](C(=O)OCC(=O)Nc1cc(OC)c([N+](=O)[O-])cc1C)c1ccccc1. The second-order valence-corrected chi connectivity index (χ2v) is 7.03. The highest BCUT2D eigenvalue weighted by Gasteiger charge is 2.28. The van der Waals surface area contributed by atoms with E-state index >= 15 is 0 Å². The van der Waals surface area contributed by atoms with Gasteiger partial charge in [-0.3, -0.25) is 19.7 Å². The van der Waals surface area contributed by atoms with Gasteiger partial charge in [0, 0.05) is 17.8 Å². The van der Waals surface area contributed by atoms with Crippen LogP contribution in [0.15, 0.2) is 42.5 Å². The van der Waals surface area contributed by atoms with Crippen molar-refractivity contribution in [2.75, 3.05) is 19.0 Å². The number of rotatable bonds is 9. The minimum atomic E-state index is -0.558. The Morgan fingerprint density at radius 1 is 1.20 bits per heavy atom. The van der Waals surface area contributed by atoms with Gasteiger partial charge in [-0.15, -0.1) is 0 Å². The van der Waals surface area contributed by atoms with Crippen LogP contribution < -0.4 is 10.1 Å². The van der Waals surface area contributed by atoms with Crippen molar-refractivity contribution < 1.29 is 24.0 Å². The number of ether oxygens (including phenoxy) is 2. The number of anilines is 1. The Balaban J connectivity index is 2.08. The van der Waals surface area contributed by atoms with E-state index < -0.39 is 29.3 Å². The Bertz CT molecular complexity index is 913. The van der Waals surface area contributed by atoms with Gasteiger partial charge in [-0.05, 0) is 24.0 Å². The first kappa shape index (κ1) is 22.9. The van der Waals surface area contributed by atoms with E-state index in [0.717, 1.165) is 12.0 Å². The van der Waals surface area contributed by atoms with E-state index in [9.17, 15) is 19.7 Å². The number of nitrogens with one attached hydrogen (secondary N) is 1. The quantitative estimate of drug-likeness (QED) is 0.374. The zero-order valence-electron chi connectivity index (χ0n) is 17.5. The smallest absolute Gasteiger partial charge is 0.314 e. The number of nitrogens with zero attached hydrogens (tertiary/aromatic N) is 1. The molecule has 0 saturated carbocycles. The van der Waals surface area contributed by atoms with Crippen LogP contribution in [0.1, 0.15) is 37.3 Å². The largest absolute Gasteiger partial charge is 0.490 e. The van der Waals surface area contributed by atoms with Crippen LogP contribution in [-0.2, 0) is 14.3 Å². The minimum Gasteiger partial charge on any atom is -0.490 e. The summed E-state index contributed by atoms with van der Waals surface area (Å²) >= 11 is 0. The molecular weight excluding hydrogens is 388 g/mol. The van der Waals surface area contributed by atoms with Crippen LogP contribution in [0.2, 0.25) is 0 Å². The fraction of sp³-hybridized carbons (Fsp3) is 0.364. The highest BCUT2D eigenvalue weighted by atomic mass is 16.6. The molecule has 0 heterocycles. The fourth-order valence-corrected chi connectivity index (χ4v) is 3.12. The number of carbonyl (C=O) groups excluding carboxylic acids is 2. The number of hydrogen-bond acceptors (Lipinski definition) is 6. The Morgan fingerprint density at radius 2 is 1.87 bits per heavy atom. The van der Waals surface area contributed by atoms with Crippen LogP contribution in [-0.4, -0.2) is 30.5 Å². The molecule has 8 nitrogen and oxygen atoms in total. The highest BCUT2D eigenvalue weighted by molar-refractivity contribution is 5.94. The van der Waals surface area contributed by atoms with Gasteiger partial charge in [0.1, 0.15) is 0 Å². The molecular formula is C22H26N2O6. The normalized spacial score (nSPS) is 12.5. The van der Waals surface area contributed by atoms with E-state index in [-0.39, 0.29) is 17.4 Å². The number of carbonyl (C=O) groups is 2. The van der Waals surface area contributed by atoms with Gasteiger partial charge >= 0.3 is 11.7 Å². The third-order valence-electron chi connectivity index (χ3n) is 4.97. The molecule has 0 fully saturated rings. The summed E-state index contributed by atoms with van der Waals surface area (Å²) in [5.74, 6) is -1.41. The average molecular weight is 414 g/mol. The van der Waals surface area contributed by atoms with Crippen molar-refractivity contribution in [3.8, 4) is 5.75 Å². The fourth-order valence-electron chi connectivity index (χ4n) is 3.12. The number of methoxy groups -OCH3 is 1. The lowest BCUT2D eigenvalue weighted by atomic mass is 9.86. The molecule has 2 aromatic carbocycles. The van der Waals surface area contributed by atoms with E-state index in [0.29, 0.717) is 11.3 Å². The summed E-state index contributed by atoms with van der Waals surface area (Å²) < 4.78 is 10.3. The van der Waals surface area contributed by atoms with Gasteiger partial charge in [0.2, 0.25) is 0 Å². The maximum atomic E-state index is 12.7. The second kappa shape index (κ2) is 10.4. The van der Waals surface area contributed by atoms with Crippen molar-refractivity contribution in [2.45, 2.75) is 33.1 Å². The van der Waals surface area contributed by atoms with Crippen LogP contribution >= 0.6 is 0 Å². The molecule has 2 atom stereocenters. The Hall–Kier alpha value is -3.42. The van der Waals surface area contributed by atoms with E-state index in [1.165, 1.54) is 19.2 Å². The summed E-state index contributed by atoms with van der Waals surface area (Å²) in [5.41, 5.74) is 1.48. The first-order chi connectivity index (χ1) is 14.3. The van der Waals surface area contributed by atoms with Gasteiger partial charge in [-0.1, -0.05) is 50.6 Å².